The van der Waals surface area contributed by atoms with Crippen molar-refractivity contribution in [1.82, 2.24) is 9.55 Å². The Kier molecular flexibility index (Phi) is 4.46. The molecular weight excluding hydrogens is 332 g/mol. The molecule has 0 aliphatic carbocycles. The Balaban J connectivity index is 1.79. The molecule has 26 heavy (non-hydrogen) atoms. The maximum Gasteiger partial charge on any atom is 0.295 e. The third kappa shape index (κ3) is 3.56. The first-order chi connectivity index (χ1) is 12.3. The normalized spacial score (nSPS) is 11.5. The molecule has 2 aromatic carbocycles. The average Bonchev–Trinajstić information content (AvgIpc) is 2.97. The minimum atomic E-state index is -0.469. The smallest absolute Gasteiger partial charge is 0.295 e. The van der Waals surface area contributed by atoms with Crippen LogP contribution in [-0.2, 0) is 16.8 Å². The zero-order chi connectivity index (χ0) is 18.9. The van der Waals surface area contributed by atoms with E-state index in [2.05, 4.69) is 31.1 Å². The molecule has 1 heterocycles. The number of carbonyl (C=O) groups is 1. The number of para-hydroxylation sites is 1. The summed E-state index contributed by atoms with van der Waals surface area (Å²) in [5, 5.41) is 14.0. The van der Waals surface area contributed by atoms with Crippen molar-refractivity contribution in [2.24, 2.45) is 0 Å². The maximum absolute atomic E-state index is 12.4. The van der Waals surface area contributed by atoms with E-state index < -0.39 is 4.92 Å². The number of nitrogens with one attached hydrogen (secondary N) is 1. The van der Waals surface area contributed by atoms with Crippen LogP contribution in [0.5, 0.6) is 0 Å². The number of aromatic nitrogens is 2. The number of carbonyl (C=O) groups excluding carboxylic acids is 1. The van der Waals surface area contributed by atoms with Crippen molar-refractivity contribution in [3.8, 4) is 0 Å². The fraction of sp³-hybridized carbons (Fsp3) is 0.263. The van der Waals surface area contributed by atoms with Gasteiger partial charge in [-0.05, 0) is 29.2 Å². The molecule has 7 nitrogen and oxygen atoms in total. The lowest BCUT2D eigenvalue weighted by molar-refractivity contribution is -0.383. The van der Waals surface area contributed by atoms with Crippen LogP contribution >= 0.6 is 0 Å². The summed E-state index contributed by atoms with van der Waals surface area (Å²) in [7, 11) is 0. The molecule has 0 saturated carbocycles. The predicted molar refractivity (Wildman–Crippen MR) is 100 cm³/mol. The van der Waals surface area contributed by atoms with E-state index in [0.717, 1.165) is 0 Å². The SMILES string of the molecule is CC(C)(C)c1ccc(NC(=O)Cn2cnc3cccc([N+](=O)[O-])c32)cc1. The van der Waals surface area contributed by atoms with Gasteiger partial charge in [0.2, 0.25) is 5.91 Å². The van der Waals surface area contributed by atoms with Crippen LogP contribution in [0.3, 0.4) is 0 Å². The van der Waals surface area contributed by atoms with Crippen molar-refractivity contribution in [2.75, 3.05) is 5.32 Å². The summed E-state index contributed by atoms with van der Waals surface area (Å²) in [4.78, 5) is 27.2. The predicted octanol–water partition coefficient (Wildman–Crippen LogP) is 3.88. The van der Waals surface area contributed by atoms with Crippen molar-refractivity contribution in [3.05, 3.63) is 64.5 Å². The molecule has 0 atom stereocenters. The first-order valence-corrected chi connectivity index (χ1v) is 8.24. The minimum absolute atomic E-state index is 0.0389. The number of non-ortho nitro benzene ring substituents is 1. The van der Waals surface area contributed by atoms with Gasteiger partial charge in [-0.2, -0.15) is 0 Å². The third-order valence-corrected chi connectivity index (χ3v) is 4.16. The second kappa shape index (κ2) is 6.59. The standard InChI is InChI=1S/C19H20N4O3/c1-19(2,3)13-7-9-14(10-8-13)21-17(24)11-22-12-20-15-5-4-6-16(18(15)22)23(25)26/h4-10,12H,11H2,1-3H3,(H,21,24). The summed E-state index contributed by atoms with van der Waals surface area (Å²) >= 11 is 0. The number of anilines is 1. The Morgan fingerprint density at radius 3 is 2.50 bits per heavy atom. The molecule has 0 saturated heterocycles. The summed E-state index contributed by atoms with van der Waals surface area (Å²) in [5.41, 5.74) is 2.66. The molecule has 0 unspecified atom stereocenters. The molecule has 1 amide bonds. The second-order valence-corrected chi connectivity index (χ2v) is 7.15. The number of rotatable bonds is 4. The second-order valence-electron chi connectivity index (χ2n) is 7.15. The first-order valence-electron chi connectivity index (χ1n) is 8.24. The van der Waals surface area contributed by atoms with Crippen LogP contribution in [0.15, 0.2) is 48.8 Å². The molecular formula is C19H20N4O3. The maximum atomic E-state index is 12.4. The molecule has 0 aliphatic heterocycles. The first kappa shape index (κ1) is 17.6. The number of hydrogen-bond acceptors (Lipinski definition) is 4. The number of nitro benzene ring substituents is 1. The molecule has 3 aromatic rings. The zero-order valence-electron chi connectivity index (χ0n) is 14.9. The fourth-order valence-corrected chi connectivity index (χ4v) is 2.78. The highest BCUT2D eigenvalue weighted by atomic mass is 16.6. The van der Waals surface area contributed by atoms with Gasteiger partial charge in [0.15, 0.2) is 0 Å². The van der Waals surface area contributed by atoms with Gasteiger partial charge in [0, 0.05) is 11.8 Å². The summed E-state index contributed by atoms with van der Waals surface area (Å²) in [6.45, 7) is 6.31. The Bertz CT molecular complexity index is 969. The number of hydrogen-bond donors (Lipinski definition) is 1. The lowest BCUT2D eigenvalue weighted by Crippen LogP contribution is -2.18. The number of nitrogens with zero attached hydrogens (tertiary/aromatic N) is 3. The van der Waals surface area contributed by atoms with E-state index in [1.165, 1.54) is 22.5 Å². The monoisotopic (exact) mass is 352 g/mol. The lowest BCUT2D eigenvalue weighted by atomic mass is 9.87. The van der Waals surface area contributed by atoms with Gasteiger partial charge in [0.05, 0.1) is 16.8 Å². The molecule has 0 fully saturated rings. The molecule has 7 heteroatoms. The van der Waals surface area contributed by atoms with Crippen molar-refractivity contribution in [2.45, 2.75) is 32.7 Å². The number of nitro groups is 1. The van der Waals surface area contributed by atoms with E-state index >= 15 is 0 Å². The molecule has 0 bridgehead atoms. The van der Waals surface area contributed by atoms with Crippen molar-refractivity contribution >= 4 is 28.3 Å². The number of benzene rings is 2. The largest absolute Gasteiger partial charge is 0.325 e. The van der Waals surface area contributed by atoms with Gasteiger partial charge in [-0.3, -0.25) is 14.9 Å². The summed E-state index contributed by atoms with van der Waals surface area (Å²) in [5.74, 6) is -0.272. The van der Waals surface area contributed by atoms with E-state index in [1.54, 1.807) is 12.1 Å². The fourth-order valence-electron chi connectivity index (χ4n) is 2.78. The molecule has 1 N–H and O–H groups in total. The highest BCUT2D eigenvalue weighted by Gasteiger charge is 2.18. The van der Waals surface area contributed by atoms with Crippen LogP contribution in [0.2, 0.25) is 0 Å². The summed E-state index contributed by atoms with van der Waals surface area (Å²) in [6, 6.07) is 12.3. The van der Waals surface area contributed by atoms with Crippen LogP contribution in [0.25, 0.3) is 11.0 Å². The molecule has 134 valence electrons. The van der Waals surface area contributed by atoms with Crippen LogP contribution in [0.1, 0.15) is 26.3 Å². The molecule has 0 spiro atoms. The van der Waals surface area contributed by atoms with E-state index in [9.17, 15) is 14.9 Å². The minimum Gasteiger partial charge on any atom is -0.325 e. The van der Waals surface area contributed by atoms with Gasteiger partial charge < -0.3 is 9.88 Å². The lowest BCUT2D eigenvalue weighted by Gasteiger charge is -2.19. The molecule has 1 aromatic heterocycles. The summed E-state index contributed by atoms with van der Waals surface area (Å²) < 4.78 is 1.49. The Hall–Kier alpha value is -3.22. The van der Waals surface area contributed by atoms with Gasteiger partial charge >= 0.3 is 0 Å². The van der Waals surface area contributed by atoms with Gasteiger partial charge in [-0.15, -0.1) is 0 Å². The Labute approximate surface area is 150 Å². The van der Waals surface area contributed by atoms with E-state index in [1.807, 2.05) is 24.3 Å². The van der Waals surface area contributed by atoms with Gasteiger partial charge in [-0.1, -0.05) is 39.0 Å². The zero-order valence-corrected chi connectivity index (χ0v) is 14.9. The Morgan fingerprint density at radius 1 is 1.19 bits per heavy atom. The highest BCUT2D eigenvalue weighted by molar-refractivity contribution is 5.92. The topological polar surface area (TPSA) is 90.1 Å². The van der Waals surface area contributed by atoms with E-state index in [4.69, 9.17) is 0 Å². The van der Waals surface area contributed by atoms with Gasteiger partial charge in [0.1, 0.15) is 12.1 Å². The average molecular weight is 352 g/mol. The number of fused-ring (bicyclic) bond motifs is 1. The van der Waals surface area contributed by atoms with Crippen LogP contribution in [-0.4, -0.2) is 20.4 Å². The number of imidazole rings is 1. The van der Waals surface area contributed by atoms with E-state index in [-0.39, 0.29) is 23.6 Å². The van der Waals surface area contributed by atoms with Crippen LogP contribution < -0.4 is 5.32 Å². The van der Waals surface area contributed by atoms with Crippen LogP contribution in [0, 0.1) is 10.1 Å². The molecule has 0 aliphatic rings. The highest BCUT2D eigenvalue weighted by Crippen LogP contribution is 2.25. The molecule has 0 radical (unpaired) electrons. The number of amides is 1. The van der Waals surface area contributed by atoms with Gasteiger partial charge in [-0.25, -0.2) is 4.98 Å². The quantitative estimate of drug-likeness (QED) is 0.570. The summed E-state index contributed by atoms with van der Waals surface area (Å²) in [6.07, 6.45) is 1.44. The van der Waals surface area contributed by atoms with Crippen molar-refractivity contribution in [3.63, 3.8) is 0 Å². The van der Waals surface area contributed by atoms with Gasteiger partial charge in [0.25, 0.3) is 5.69 Å². The van der Waals surface area contributed by atoms with Crippen LogP contribution in [0.4, 0.5) is 11.4 Å². The van der Waals surface area contributed by atoms with Crippen molar-refractivity contribution < 1.29 is 9.72 Å². The Morgan fingerprint density at radius 2 is 1.88 bits per heavy atom. The third-order valence-electron chi connectivity index (χ3n) is 4.16. The molecule has 3 rings (SSSR count). The van der Waals surface area contributed by atoms with Crippen molar-refractivity contribution in [1.29, 1.82) is 0 Å². The van der Waals surface area contributed by atoms with E-state index in [0.29, 0.717) is 16.7 Å².